The summed E-state index contributed by atoms with van der Waals surface area (Å²) in [6, 6.07) is 42.8. The molecule has 0 saturated heterocycles. The molecule has 0 aliphatic carbocycles. The van der Waals surface area contributed by atoms with Gasteiger partial charge in [-0.25, -0.2) is 14.4 Å². The topological polar surface area (TPSA) is 328 Å². The van der Waals surface area contributed by atoms with E-state index in [1.54, 1.807) is 84.9 Å². The Morgan fingerprint density at radius 3 is 0.975 bits per heavy atom. The molecule has 0 fully saturated rings. The van der Waals surface area contributed by atoms with Crippen LogP contribution in [0.1, 0.15) is 70.0 Å². The molecule has 0 aliphatic rings. The van der Waals surface area contributed by atoms with Crippen molar-refractivity contribution in [2.75, 3.05) is 35.5 Å². The Kier molecular flexibility index (Phi) is 39.3. The third kappa shape index (κ3) is 34.5. The molecule has 0 saturated carbocycles. The molecule has 23 heteroatoms. The number of carboxylic acid groups (broad SMARTS) is 4. The van der Waals surface area contributed by atoms with Gasteiger partial charge in [0, 0.05) is 8.95 Å². The minimum Gasteiger partial charge on any atom is -0.512 e. The SMILES string of the molecule is COC(=O)Cc1cccc(Br)c1.COC(=O)Cc1cccc(C#N)c1.COC(=O)Cc1cccc(C(=O)OC)c1.COC(=O)c1cccc(CC(=O)O)c1.O=C(O)Cc1cccc(Br)c1.O=C(O)Cc1cccc(C(=O)O)c1.[C-]#N.[Cu+]. The number of ether oxygens (including phenoxy) is 5. The maximum atomic E-state index is 11.2. The average Bonchev–Trinajstić information content (AvgIpc) is 3.43. The fourth-order valence-corrected chi connectivity index (χ4v) is 6.84. The number of nitrogens with zero attached hydrogens (tertiary/aromatic N) is 2. The van der Waals surface area contributed by atoms with E-state index in [0.717, 1.165) is 31.2 Å². The van der Waals surface area contributed by atoms with Crippen LogP contribution in [-0.4, -0.2) is 110 Å². The number of carbonyl (C=O) groups is 9. The minimum absolute atomic E-state index is 0. The molecule has 20 nitrogen and oxygen atoms in total. The summed E-state index contributed by atoms with van der Waals surface area (Å²) in [5.41, 5.74) is 5.83. The van der Waals surface area contributed by atoms with E-state index < -0.39 is 35.8 Å². The first-order valence-electron chi connectivity index (χ1n) is 22.8. The van der Waals surface area contributed by atoms with Crippen molar-refractivity contribution in [3.63, 3.8) is 0 Å². The first-order valence-corrected chi connectivity index (χ1v) is 24.4. The van der Waals surface area contributed by atoms with Crippen molar-refractivity contribution in [3.8, 4) is 6.07 Å². The van der Waals surface area contributed by atoms with E-state index in [9.17, 15) is 43.2 Å². The zero-order chi connectivity index (χ0) is 60.6. The Bertz CT molecular complexity index is 3090. The van der Waals surface area contributed by atoms with Crippen LogP contribution in [0.25, 0.3) is 0 Å². The van der Waals surface area contributed by atoms with Gasteiger partial charge in [-0.3, -0.25) is 28.8 Å². The molecule has 0 spiro atoms. The number of aromatic carboxylic acids is 1. The zero-order valence-corrected chi connectivity index (χ0v) is 48.2. The fraction of sp³-hybridized carbons (Fsp3) is 0.190. The molecule has 430 valence electrons. The summed E-state index contributed by atoms with van der Waals surface area (Å²) in [6.07, 6.45) is 0.536. The van der Waals surface area contributed by atoms with Crippen molar-refractivity contribution in [3.05, 3.63) is 217 Å². The molecule has 0 atom stereocenters. The number of carbonyl (C=O) groups excluding carboxylic acids is 5. The first-order chi connectivity index (χ1) is 38.0. The second-order valence-electron chi connectivity index (χ2n) is 15.4. The number of methoxy groups -OCH3 is 5. The van der Waals surface area contributed by atoms with Gasteiger partial charge in [-0.2, -0.15) is 5.26 Å². The molecular formula is C58H55Br2CuN2O18. The summed E-state index contributed by atoms with van der Waals surface area (Å²) in [5, 5.41) is 48.9. The van der Waals surface area contributed by atoms with Crippen LogP contribution in [-0.2, 0) is 108 Å². The second kappa shape index (κ2) is 43.0. The van der Waals surface area contributed by atoms with Gasteiger partial charge in [0.05, 0.1) is 102 Å². The number of esters is 5. The normalized spacial score (nSPS) is 9.09. The largest absolute Gasteiger partial charge is 1.00 e. The molecule has 6 aromatic carbocycles. The molecule has 0 aromatic heterocycles. The van der Waals surface area contributed by atoms with Crippen LogP contribution in [0.3, 0.4) is 0 Å². The van der Waals surface area contributed by atoms with Crippen LogP contribution in [0.15, 0.2) is 155 Å². The summed E-state index contributed by atoms with van der Waals surface area (Å²) >= 11 is 6.58. The van der Waals surface area contributed by atoms with Gasteiger partial charge in [0.15, 0.2) is 0 Å². The van der Waals surface area contributed by atoms with E-state index in [1.807, 2.05) is 42.5 Å². The number of halogens is 2. The molecule has 0 radical (unpaired) electrons. The number of hydrogen-bond acceptors (Lipinski definition) is 16. The fourth-order valence-electron chi connectivity index (χ4n) is 5.95. The summed E-state index contributed by atoms with van der Waals surface area (Å²) in [5.74, 6) is -5.47. The number of hydrogen-bond donors (Lipinski definition) is 4. The summed E-state index contributed by atoms with van der Waals surface area (Å²) < 4.78 is 24.5. The van der Waals surface area contributed by atoms with Crippen molar-refractivity contribution in [2.24, 2.45) is 0 Å². The van der Waals surface area contributed by atoms with Crippen molar-refractivity contribution < 1.29 is 104 Å². The van der Waals surface area contributed by atoms with Crippen molar-refractivity contribution >= 4 is 85.6 Å². The molecule has 6 rings (SSSR count). The Morgan fingerprint density at radius 2 is 0.679 bits per heavy atom. The van der Waals surface area contributed by atoms with E-state index in [2.05, 4.69) is 55.5 Å². The van der Waals surface area contributed by atoms with Gasteiger partial charge >= 0.3 is 70.8 Å². The van der Waals surface area contributed by atoms with Gasteiger partial charge in [0.2, 0.25) is 0 Å². The summed E-state index contributed by atoms with van der Waals surface area (Å²) in [7, 11) is 6.66. The Hall–Kier alpha value is -8.99. The predicted octanol–water partition coefficient (Wildman–Crippen LogP) is 8.91. The van der Waals surface area contributed by atoms with E-state index in [-0.39, 0.29) is 72.6 Å². The molecule has 0 aliphatic heterocycles. The molecule has 4 N–H and O–H groups in total. The van der Waals surface area contributed by atoms with Crippen molar-refractivity contribution in [1.29, 1.82) is 10.5 Å². The second-order valence-corrected chi connectivity index (χ2v) is 17.3. The maximum absolute atomic E-state index is 11.2. The van der Waals surface area contributed by atoms with Crippen LogP contribution < -0.4 is 0 Å². The summed E-state index contributed by atoms with van der Waals surface area (Å²) in [4.78, 5) is 96.5. The zero-order valence-electron chi connectivity index (χ0n) is 44.1. The standard InChI is InChI=1S/C11H12O4.C10H9NO2.C10H10O4.C9H9BrO2.C9H8O4.C8H7BrO2.CN.Cu/c1-14-10(12)7-8-4-3-5-9(6-8)11(13)15-2;1-13-10(12)6-8-3-2-4-9(5-8)7-11;1-14-10(13)8-4-2-3-7(5-8)6-9(11)12;1-12-9(11)6-7-3-2-4-8(10)5-7;10-8(11)5-6-2-1-3-7(4-6)9(12)13;9-7-3-1-2-6(4-7)5-8(10)11;1-2;/h3-6H,7H2,1-2H3;2-5H,6H2,1H3;2-5H,6H2,1H3,(H,11,12);2-5H,6H2,1H3;1-4H,5H2,(H,10,11)(H,12,13);1-4H,5H2,(H,10,11);;/q;;;;;;-1;+1. The van der Waals surface area contributed by atoms with Crippen molar-refractivity contribution in [1.82, 2.24) is 0 Å². The van der Waals surface area contributed by atoms with E-state index >= 15 is 0 Å². The molecule has 0 unspecified atom stereocenters. The smallest absolute Gasteiger partial charge is 0.512 e. The Balaban J connectivity index is 0. The van der Waals surface area contributed by atoms with E-state index in [0.29, 0.717) is 34.2 Å². The molecular weight excluding hydrogens is 1240 g/mol. The van der Waals surface area contributed by atoms with Crippen LogP contribution in [0.2, 0.25) is 0 Å². The van der Waals surface area contributed by atoms with Crippen LogP contribution >= 0.6 is 31.9 Å². The molecule has 0 heterocycles. The first kappa shape index (κ1) is 74.1. The minimum atomic E-state index is -1.05. The van der Waals surface area contributed by atoms with Crippen LogP contribution in [0.4, 0.5) is 0 Å². The maximum Gasteiger partial charge on any atom is 1.00 e. The number of aliphatic carboxylic acids is 3. The van der Waals surface area contributed by atoms with E-state index in [4.69, 9.17) is 37.5 Å². The quantitative estimate of drug-likeness (QED) is 0.0322. The Morgan fingerprint density at radius 1 is 0.407 bits per heavy atom. The molecule has 81 heavy (non-hydrogen) atoms. The van der Waals surface area contributed by atoms with Crippen LogP contribution in [0, 0.1) is 23.2 Å². The number of benzene rings is 6. The van der Waals surface area contributed by atoms with Gasteiger partial charge in [-0.1, -0.05) is 105 Å². The molecule has 0 amide bonds. The van der Waals surface area contributed by atoms with E-state index in [1.165, 1.54) is 59.8 Å². The monoisotopic (exact) mass is 1290 g/mol. The third-order valence-corrected chi connectivity index (χ3v) is 10.5. The number of nitriles is 1. The van der Waals surface area contributed by atoms with Gasteiger partial charge in [-0.15, -0.1) is 0 Å². The molecule has 6 aromatic rings. The molecule has 0 bridgehead atoms. The van der Waals surface area contributed by atoms with Gasteiger partial charge < -0.3 is 55.9 Å². The van der Waals surface area contributed by atoms with Gasteiger partial charge in [-0.05, 0) is 106 Å². The number of carboxylic acids is 4. The van der Waals surface area contributed by atoms with Crippen molar-refractivity contribution in [2.45, 2.75) is 38.5 Å². The van der Waals surface area contributed by atoms with Gasteiger partial charge in [0.1, 0.15) is 0 Å². The predicted molar refractivity (Wildman–Crippen MR) is 295 cm³/mol. The summed E-state index contributed by atoms with van der Waals surface area (Å²) in [6.45, 7) is 4.75. The third-order valence-electron chi connectivity index (χ3n) is 9.50. The van der Waals surface area contributed by atoms with Crippen LogP contribution in [0.5, 0.6) is 0 Å². The number of rotatable bonds is 15. The Labute approximate surface area is 494 Å². The van der Waals surface area contributed by atoms with Gasteiger partial charge in [0.25, 0.3) is 0 Å². The average molecular weight is 1290 g/mol.